The number of hydrogen-bond donors (Lipinski definition) is 1. The van der Waals surface area contributed by atoms with Gasteiger partial charge in [-0.25, -0.2) is 4.98 Å². The Morgan fingerprint density at radius 2 is 2.40 bits per heavy atom. The van der Waals surface area contributed by atoms with Gasteiger partial charge in [-0.05, 0) is 12.1 Å². The van der Waals surface area contributed by atoms with Crippen molar-refractivity contribution in [3.05, 3.63) is 37.1 Å². The first-order valence-electron chi connectivity index (χ1n) is 4.39. The van der Waals surface area contributed by atoms with Crippen LogP contribution in [0.2, 0.25) is 0 Å². The lowest BCUT2D eigenvalue weighted by molar-refractivity contribution is -0.137. The monoisotopic (exact) mass is 203 g/mol. The molecule has 0 spiro atoms. The number of nitrogens with zero attached hydrogens (tertiary/aromatic N) is 3. The van der Waals surface area contributed by atoms with Crippen molar-refractivity contribution in [2.75, 3.05) is 0 Å². The third-order valence-corrected chi connectivity index (χ3v) is 1.91. The number of imidazole rings is 1. The van der Waals surface area contributed by atoms with Crippen molar-refractivity contribution in [1.82, 2.24) is 14.5 Å². The second-order valence-corrected chi connectivity index (χ2v) is 3.07. The molecule has 2 rings (SSSR count). The highest BCUT2D eigenvalue weighted by Crippen LogP contribution is 2.14. The predicted molar refractivity (Wildman–Crippen MR) is 53.1 cm³/mol. The Hall–Kier alpha value is -2.17. The molecule has 5 nitrogen and oxygen atoms in total. The lowest BCUT2D eigenvalue weighted by Gasteiger charge is -1.95. The maximum atomic E-state index is 10.5. The predicted octanol–water partition coefficient (Wildman–Crippen LogP) is 1.03. The van der Waals surface area contributed by atoms with Crippen molar-refractivity contribution in [2.24, 2.45) is 0 Å². The van der Waals surface area contributed by atoms with E-state index >= 15 is 0 Å². The zero-order valence-corrected chi connectivity index (χ0v) is 7.87. The first-order chi connectivity index (χ1) is 7.25. The molecule has 0 fully saturated rings. The van der Waals surface area contributed by atoms with E-state index in [1.165, 1.54) is 10.9 Å². The van der Waals surface area contributed by atoms with Crippen molar-refractivity contribution in [1.29, 1.82) is 0 Å². The number of pyridine rings is 1. The van der Waals surface area contributed by atoms with E-state index in [9.17, 15) is 4.79 Å². The minimum atomic E-state index is -0.884. The van der Waals surface area contributed by atoms with Gasteiger partial charge >= 0.3 is 5.97 Å². The van der Waals surface area contributed by atoms with E-state index in [2.05, 4.69) is 9.97 Å². The fourth-order valence-corrected chi connectivity index (χ4v) is 1.27. The SMILES string of the molecule is O=C(O)Cn1cnc(-c2cccnc2)c1. The van der Waals surface area contributed by atoms with E-state index in [0.717, 1.165) is 11.3 Å². The van der Waals surface area contributed by atoms with E-state index in [1.807, 2.05) is 12.1 Å². The first-order valence-corrected chi connectivity index (χ1v) is 4.39. The second-order valence-electron chi connectivity index (χ2n) is 3.07. The van der Waals surface area contributed by atoms with Crippen LogP contribution < -0.4 is 0 Å². The summed E-state index contributed by atoms with van der Waals surface area (Å²) < 4.78 is 1.52. The van der Waals surface area contributed by atoms with Gasteiger partial charge < -0.3 is 9.67 Å². The van der Waals surface area contributed by atoms with Crippen LogP contribution in [-0.4, -0.2) is 25.6 Å². The molecule has 2 aromatic rings. The van der Waals surface area contributed by atoms with Gasteiger partial charge in [0, 0.05) is 24.2 Å². The van der Waals surface area contributed by atoms with Crippen LogP contribution in [-0.2, 0) is 11.3 Å². The summed E-state index contributed by atoms with van der Waals surface area (Å²) in [5.41, 5.74) is 1.60. The first kappa shape index (κ1) is 9.39. The van der Waals surface area contributed by atoms with Gasteiger partial charge in [0.05, 0.1) is 12.0 Å². The molecule has 0 radical (unpaired) electrons. The highest BCUT2D eigenvalue weighted by molar-refractivity contribution is 5.67. The molecule has 0 aliphatic heterocycles. The molecule has 0 saturated heterocycles. The Kier molecular flexibility index (Phi) is 2.45. The molecule has 0 unspecified atom stereocenters. The fraction of sp³-hybridized carbons (Fsp3) is 0.100. The van der Waals surface area contributed by atoms with Crippen LogP contribution in [0.3, 0.4) is 0 Å². The molecule has 76 valence electrons. The molecule has 0 aliphatic carbocycles. The molecular formula is C10H9N3O2. The minimum absolute atomic E-state index is 0.0761. The van der Waals surface area contributed by atoms with E-state index in [4.69, 9.17) is 5.11 Å². The van der Waals surface area contributed by atoms with Crippen LogP contribution in [0, 0.1) is 0 Å². The van der Waals surface area contributed by atoms with Crippen molar-refractivity contribution in [2.45, 2.75) is 6.54 Å². The number of carbonyl (C=O) groups is 1. The quantitative estimate of drug-likeness (QED) is 0.808. The average Bonchev–Trinajstić information content (AvgIpc) is 2.67. The van der Waals surface area contributed by atoms with E-state index in [0.29, 0.717) is 0 Å². The highest BCUT2D eigenvalue weighted by Gasteiger charge is 2.03. The van der Waals surface area contributed by atoms with Crippen molar-refractivity contribution in [3.8, 4) is 11.3 Å². The standard InChI is InChI=1S/C10H9N3O2/c14-10(15)6-13-5-9(12-7-13)8-2-1-3-11-4-8/h1-5,7H,6H2,(H,14,15). The van der Waals surface area contributed by atoms with Gasteiger partial charge in [-0.15, -0.1) is 0 Å². The summed E-state index contributed by atoms with van der Waals surface area (Å²) in [4.78, 5) is 18.5. The molecule has 2 aromatic heterocycles. The van der Waals surface area contributed by atoms with Gasteiger partial charge in [0.25, 0.3) is 0 Å². The summed E-state index contributed by atoms with van der Waals surface area (Å²) >= 11 is 0. The average molecular weight is 203 g/mol. The second kappa shape index (κ2) is 3.91. The van der Waals surface area contributed by atoms with Crippen LogP contribution in [0.25, 0.3) is 11.3 Å². The molecule has 0 aliphatic rings. The van der Waals surface area contributed by atoms with Gasteiger partial charge in [0.2, 0.25) is 0 Å². The number of carboxylic acid groups (broad SMARTS) is 1. The zero-order valence-electron chi connectivity index (χ0n) is 7.87. The van der Waals surface area contributed by atoms with Crippen molar-refractivity contribution in [3.63, 3.8) is 0 Å². The molecule has 0 bridgehead atoms. The largest absolute Gasteiger partial charge is 0.480 e. The number of rotatable bonds is 3. The van der Waals surface area contributed by atoms with Gasteiger partial charge in [-0.2, -0.15) is 0 Å². The normalized spacial score (nSPS) is 10.1. The van der Waals surface area contributed by atoms with E-state index in [-0.39, 0.29) is 6.54 Å². The zero-order chi connectivity index (χ0) is 10.7. The Labute approximate surface area is 86.0 Å². The molecule has 1 N–H and O–H groups in total. The third kappa shape index (κ3) is 2.19. The minimum Gasteiger partial charge on any atom is -0.480 e. The number of hydrogen-bond acceptors (Lipinski definition) is 3. The maximum absolute atomic E-state index is 10.5. The van der Waals surface area contributed by atoms with E-state index < -0.39 is 5.97 Å². The van der Waals surface area contributed by atoms with E-state index in [1.54, 1.807) is 18.6 Å². The molecule has 0 saturated carbocycles. The van der Waals surface area contributed by atoms with Crippen LogP contribution in [0.5, 0.6) is 0 Å². The Morgan fingerprint density at radius 1 is 1.53 bits per heavy atom. The smallest absolute Gasteiger partial charge is 0.323 e. The molecule has 0 atom stereocenters. The summed E-state index contributed by atoms with van der Waals surface area (Å²) in [6, 6.07) is 3.69. The van der Waals surface area contributed by atoms with Gasteiger partial charge in [0.1, 0.15) is 6.54 Å². The summed E-state index contributed by atoms with van der Waals surface area (Å²) in [6.45, 7) is -0.0761. The Morgan fingerprint density at radius 3 is 3.07 bits per heavy atom. The highest BCUT2D eigenvalue weighted by atomic mass is 16.4. The fourth-order valence-electron chi connectivity index (χ4n) is 1.27. The van der Waals surface area contributed by atoms with Crippen LogP contribution in [0.1, 0.15) is 0 Å². The molecule has 0 aromatic carbocycles. The summed E-state index contributed by atoms with van der Waals surface area (Å²) in [6.07, 6.45) is 6.55. The lowest BCUT2D eigenvalue weighted by atomic mass is 10.2. The number of aromatic nitrogens is 3. The molecule has 5 heteroatoms. The maximum Gasteiger partial charge on any atom is 0.323 e. The van der Waals surface area contributed by atoms with Crippen LogP contribution >= 0.6 is 0 Å². The van der Waals surface area contributed by atoms with Gasteiger partial charge in [0.15, 0.2) is 0 Å². The van der Waals surface area contributed by atoms with Crippen LogP contribution in [0.15, 0.2) is 37.1 Å². The number of aliphatic carboxylic acids is 1. The van der Waals surface area contributed by atoms with Gasteiger partial charge in [-0.3, -0.25) is 9.78 Å². The molecule has 2 heterocycles. The van der Waals surface area contributed by atoms with Crippen LogP contribution in [0.4, 0.5) is 0 Å². The van der Waals surface area contributed by atoms with Crippen molar-refractivity contribution >= 4 is 5.97 Å². The third-order valence-electron chi connectivity index (χ3n) is 1.91. The summed E-state index contributed by atoms with van der Waals surface area (Å²) in [7, 11) is 0. The summed E-state index contributed by atoms with van der Waals surface area (Å²) in [5, 5.41) is 8.59. The van der Waals surface area contributed by atoms with Gasteiger partial charge in [-0.1, -0.05) is 0 Å². The van der Waals surface area contributed by atoms with Crippen molar-refractivity contribution < 1.29 is 9.90 Å². The number of carboxylic acids is 1. The Balaban J connectivity index is 2.24. The lowest BCUT2D eigenvalue weighted by Crippen LogP contribution is -2.06. The molecule has 0 amide bonds. The molecule has 15 heavy (non-hydrogen) atoms. The summed E-state index contributed by atoms with van der Waals surface area (Å²) in [5.74, 6) is -0.884. The molecular weight excluding hydrogens is 194 g/mol. The Bertz CT molecular complexity index is 465. The topological polar surface area (TPSA) is 68.0 Å².